The molecule has 140 valence electrons. The van der Waals surface area contributed by atoms with E-state index in [9.17, 15) is 4.79 Å². The number of hydrogen-bond donors (Lipinski definition) is 2. The van der Waals surface area contributed by atoms with E-state index >= 15 is 0 Å². The van der Waals surface area contributed by atoms with Gasteiger partial charge in [-0.1, -0.05) is 91.4 Å². The second kappa shape index (κ2) is 18.1. The smallest absolute Gasteiger partial charge is 0.234 e. The number of rotatable bonds is 16. The molecule has 3 nitrogen and oxygen atoms in total. The largest absolute Gasteiger partial charge is 0.368 e. The van der Waals surface area contributed by atoms with Gasteiger partial charge in [0.15, 0.2) is 0 Å². The van der Waals surface area contributed by atoms with E-state index < -0.39 is 0 Å². The summed E-state index contributed by atoms with van der Waals surface area (Å²) in [6.45, 7) is 7.24. The van der Waals surface area contributed by atoms with E-state index in [1.54, 1.807) is 0 Å². The van der Waals surface area contributed by atoms with Crippen molar-refractivity contribution in [1.29, 1.82) is 0 Å². The minimum absolute atomic E-state index is 0. The van der Waals surface area contributed by atoms with Crippen LogP contribution >= 0.6 is 12.4 Å². The molecule has 1 atom stereocenters. The molecule has 3 N–H and O–H groups in total. The molecule has 4 heteroatoms. The summed E-state index contributed by atoms with van der Waals surface area (Å²) in [4.78, 5) is 11.3. The molecule has 0 aromatic carbocycles. The van der Waals surface area contributed by atoms with Crippen molar-refractivity contribution in [2.24, 2.45) is 11.7 Å². The van der Waals surface area contributed by atoms with Gasteiger partial charge < -0.3 is 11.1 Å². The summed E-state index contributed by atoms with van der Waals surface area (Å²) in [7, 11) is 0. The Labute approximate surface area is 151 Å². The zero-order valence-electron chi connectivity index (χ0n) is 15.7. The molecule has 0 spiro atoms. The molecule has 0 aromatic rings. The molecule has 0 radical (unpaired) electrons. The molecular weight excluding hydrogens is 308 g/mol. The number of amides is 1. The third-order valence-electron chi connectivity index (χ3n) is 4.37. The molecule has 1 amide bonds. The summed E-state index contributed by atoms with van der Waals surface area (Å²) in [5.74, 6) is 0.0452. The average molecular weight is 349 g/mol. The predicted molar refractivity (Wildman–Crippen MR) is 104 cm³/mol. The summed E-state index contributed by atoms with van der Waals surface area (Å²) < 4.78 is 0. The molecule has 0 aliphatic carbocycles. The molecule has 0 fully saturated rings. The Kier molecular flexibility index (Phi) is 19.6. The highest BCUT2D eigenvalue weighted by Crippen LogP contribution is 2.11. The van der Waals surface area contributed by atoms with Crippen LogP contribution in [-0.4, -0.2) is 18.5 Å². The minimum atomic E-state index is -0.228. The van der Waals surface area contributed by atoms with Crippen LogP contribution < -0.4 is 11.1 Å². The lowest BCUT2D eigenvalue weighted by Crippen LogP contribution is -2.45. The van der Waals surface area contributed by atoms with Gasteiger partial charge in [0.25, 0.3) is 0 Å². The third-order valence-corrected chi connectivity index (χ3v) is 4.37. The molecule has 23 heavy (non-hydrogen) atoms. The van der Waals surface area contributed by atoms with Crippen LogP contribution in [0.5, 0.6) is 0 Å². The lowest BCUT2D eigenvalue weighted by Gasteiger charge is -2.18. The molecule has 0 aliphatic rings. The van der Waals surface area contributed by atoms with Crippen molar-refractivity contribution in [3.05, 3.63) is 0 Å². The molecule has 0 aliphatic heterocycles. The number of nitrogens with two attached hydrogens (primary N) is 1. The average Bonchev–Trinajstić information content (AvgIpc) is 2.46. The van der Waals surface area contributed by atoms with E-state index in [2.05, 4.69) is 12.2 Å². The Morgan fingerprint density at radius 3 is 1.57 bits per heavy atom. The molecule has 0 saturated heterocycles. The minimum Gasteiger partial charge on any atom is -0.368 e. The van der Waals surface area contributed by atoms with Crippen LogP contribution in [0.1, 0.15) is 97.8 Å². The zero-order valence-corrected chi connectivity index (χ0v) is 16.6. The van der Waals surface area contributed by atoms with Gasteiger partial charge >= 0.3 is 0 Å². The Morgan fingerprint density at radius 2 is 1.22 bits per heavy atom. The molecule has 0 heterocycles. The molecular formula is C19H41ClN2O. The maximum atomic E-state index is 11.3. The van der Waals surface area contributed by atoms with Crippen molar-refractivity contribution < 1.29 is 4.79 Å². The number of halogens is 1. The maximum Gasteiger partial charge on any atom is 0.234 e. The van der Waals surface area contributed by atoms with Crippen molar-refractivity contribution in [1.82, 2.24) is 5.32 Å². The van der Waals surface area contributed by atoms with Gasteiger partial charge in [-0.15, -0.1) is 12.4 Å². The van der Waals surface area contributed by atoms with E-state index in [0.717, 1.165) is 13.0 Å². The van der Waals surface area contributed by atoms with Crippen LogP contribution in [0.15, 0.2) is 0 Å². The van der Waals surface area contributed by atoms with Gasteiger partial charge in [-0.3, -0.25) is 4.79 Å². The number of unbranched alkanes of at least 4 members (excludes halogenated alkanes) is 11. The van der Waals surface area contributed by atoms with Crippen LogP contribution in [0.4, 0.5) is 0 Å². The van der Waals surface area contributed by atoms with E-state index in [0.29, 0.717) is 0 Å². The van der Waals surface area contributed by atoms with Crippen LogP contribution in [0.2, 0.25) is 0 Å². The van der Waals surface area contributed by atoms with E-state index in [-0.39, 0.29) is 30.3 Å². The first-order valence-corrected chi connectivity index (χ1v) is 9.62. The lowest BCUT2D eigenvalue weighted by atomic mass is 10.0. The third kappa shape index (κ3) is 16.4. The van der Waals surface area contributed by atoms with Gasteiger partial charge in [-0.2, -0.15) is 0 Å². The highest BCUT2D eigenvalue weighted by Gasteiger charge is 2.17. The Balaban J connectivity index is 0. The SMILES string of the molecule is CCCCCCCCCCCCCCN[C@H](C(N)=O)C(C)C.Cl. The highest BCUT2D eigenvalue weighted by atomic mass is 35.5. The van der Waals surface area contributed by atoms with Gasteiger partial charge in [0.2, 0.25) is 5.91 Å². The quantitative estimate of drug-likeness (QED) is 0.376. The number of carbonyl (C=O) groups is 1. The summed E-state index contributed by atoms with van der Waals surface area (Å²) in [6.07, 6.45) is 16.3. The fraction of sp³-hybridized carbons (Fsp3) is 0.947. The Bertz CT molecular complexity index is 260. The number of nitrogens with one attached hydrogen (secondary N) is 1. The Hall–Kier alpha value is -0.280. The zero-order chi connectivity index (χ0) is 16.6. The predicted octanol–water partition coefficient (Wildman–Crippen LogP) is 5.21. The second-order valence-electron chi connectivity index (χ2n) is 6.97. The lowest BCUT2D eigenvalue weighted by molar-refractivity contribution is -0.121. The van der Waals surface area contributed by atoms with Crippen LogP contribution in [0, 0.1) is 5.92 Å². The first-order chi connectivity index (χ1) is 10.6. The van der Waals surface area contributed by atoms with Gasteiger partial charge in [0.05, 0.1) is 6.04 Å². The molecule has 0 rings (SSSR count). The van der Waals surface area contributed by atoms with Gasteiger partial charge in [-0.05, 0) is 18.9 Å². The summed E-state index contributed by atoms with van der Waals surface area (Å²) in [6, 6.07) is -0.173. The number of hydrogen-bond acceptors (Lipinski definition) is 2. The second-order valence-corrected chi connectivity index (χ2v) is 6.97. The van der Waals surface area contributed by atoms with Crippen molar-refractivity contribution in [3.8, 4) is 0 Å². The van der Waals surface area contributed by atoms with Crippen molar-refractivity contribution in [2.45, 2.75) is 104 Å². The van der Waals surface area contributed by atoms with Crippen LogP contribution in [0.25, 0.3) is 0 Å². The molecule has 0 saturated carbocycles. The maximum absolute atomic E-state index is 11.3. The van der Waals surface area contributed by atoms with Crippen molar-refractivity contribution in [3.63, 3.8) is 0 Å². The first kappa shape index (κ1) is 25.0. The standard InChI is InChI=1S/C19H40N2O.ClH/c1-4-5-6-7-8-9-10-11-12-13-14-15-16-21-18(17(2)3)19(20)22;/h17-18,21H,4-16H2,1-3H3,(H2,20,22);1H/t18-;/m0./s1. The van der Waals surface area contributed by atoms with Gasteiger partial charge in [0, 0.05) is 0 Å². The number of primary amides is 1. The Morgan fingerprint density at radius 1 is 0.826 bits per heavy atom. The fourth-order valence-corrected chi connectivity index (χ4v) is 2.89. The van der Waals surface area contributed by atoms with Gasteiger partial charge in [0.1, 0.15) is 0 Å². The molecule has 0 bridgehead atoms. The number of carbonyl (C=O) groups excluding carboxylic acids is 1. The van der Waals surface area contributed by atoms with E-state index in [4.69, 9.17) is 5.73 Å². The summed E-state index contributed by atoms with van der Waals surface area (Å²) >= 11 is 0. The molecule has 0 unspecified atom stereocenters. The van der Waals surface area contributed by atoms with Gasteiger partial charge in [-0.25, -0.2) is 0 Å². The fourth-order valence-electron chi connectivity index (χ4n) is 2.89. The summed E-state index contributed by atoms with van der Waals surface area (Å²) in [5, 5.41) is 3.28. The molecule has 0 aromatic heterocycles. The summed E-state index contributed by atoms with van der Waals surface area (Å²) in [5.41, 5.74) is 5.38. The highest BCUT2D eigenvalue weighted by molar-refractivity contribution is 5.85. The first-order valence-electron chi connectivity index (χ1n) is 9.62. The normalized spacial score (nSPS) is 12.2. The van der Waals surface area contributed by atoms with Crippen molar-refractivity contribution >= 4 is 18.3 Å². The van der Waals surface area contributed by atoms with Crippen molar-refractivity contribution in [2.75, 3.05) is 6.54 Å². The van der Waals surface area contributed by atoms with Crippen LogP contribution in [-0.2, 0) is 4.79 Å². The topological polar surface area (TPSA) is 55.1 Å². The van der Waals surface area contributed by atoms with Crippen LogP contribution in [0.3, 0.4) is 0 Å². The van der Waals surface area contributed by atoms with E-state index in [1.807, 2.05) is 13.8 Å². The monoisotopic (exact) mass is 348 g/mol. The van der Waals surface area contributed by atoms with E-state index in [1.165, 1.54) is 70.6 Å².